The van der Waals surface area contributed by atoms with Crippen molar-refractivity contribution in [2.45, 2.75) is 18.9 Å². The summed E-state index contributed by atoms with van der Waals surface area (Å²) < 4.78 is 5.67. The molecule has 0 aromatic heterocycles. The maximum atomic E-state index is 11.3. The van der Waals surface area contributed by atoms with E-state index in [4.69, 9.17) is 27.9 Å². The van der Waals surface area contributed by atoms with E-state index in [-0.39, 0.29) is 11.7 Å². The van der Waals surface area contributed by atoms with E-state index < -0.39 is 5.97 Å². The van der Waals surface area contributed by atoms with E-state index in [1.807, 2.05) is 0 Å². The minimum atomic E-state index is -1.00. The molecular formula is C16H12Cl2O3. The highest BCUT2D eigenvalue weighted by atomic mass is 35.5. The third-order valence-electron chi connectivity index (χ3n) is 3.27. The highest BCUT2D eigenvalue weighted by molar-refractivity contribution is 6.32. The average Bonchev–Trinajstić information content (AvgIpc) is 3.24. The van der Waals surface area contributed by atoms with Crippen LogP contribution < -0.4 is 4.74 Å². The van der Waals surface area contributed by atoms with Crippen LogP contribution in [0.5, 0.6) is 5.75 Å². The Bertz CT molecular complexity index is 709. The van der Waals surface area contributed by atoms with Crippen molar-refractivity contribution in [1.29, 1.82) is 0 Å². The van der Waals surface area contributed by atoms with Crippen LogP contribution in [0.25, 0.3) is 11.1 Å². The van der Waals surface area contributed by atoms with Crippen LogP contribution in [0, 0.1) is 0 Å². The lowest BCUT2D eigenvalue weighted by molar-refractivity contribution is 0.0697. The molecule has 0 unspecified atom stereocenters. The number of carbonyl (C=O) groups is 1. The van der Waals surface area contributed by atoms with Crippen molar-refractivity contribution >= 4 is 29.2 Å². The van der Waals surface area contributed by atoms with Crippen LogP contribution in [0.1, 0.15) is 23.2 Å². The average molecular weight is 323 g/mol. The molecule has 0 radical (unpaired) electrons. The molecule has 0 saturated heterocycles. The number of hydrogen-bond donors (Lipinski definition) is 1. The predicted octanol–water partition coefficient (Wildman–Crippen LogP) is 4.90. The molecule has 1 aliphatic rings. The van der Waals surface area contributed by atoms with Crippen molar-refractivity contribution in [3.63, 3.8) is 0 Å². The van der Waals surface area contributed by atoms with E-state index in [2.05, 4.69) is 0 Å². The standard InChI is InChI=1S/C16H12Cl2O3/c17-10-2-5-12(16(19)20)13(8-10)9-1-6-15(14(18)7-9)21-11-3-4-11/h1-2,5-8,11H,3-4H2,(H,19,20). The lowest BCUT2D eigenvalue weighted by atomic mass is 9.99. The van der Waals surface area contributed by atoms with Gasteiger partial charge in [-0.3, -0.25) is 0 Å². The highest BCUT2D eigenvalue weighted by Gasteiger charge is 2.24. The summed E-state index contributed by atoms with van der Waals surface area (Å²) in [7, 11) is 0. The Balaban J connectivity index is 2.01. The number of benzene rings is 2. The summed E-state index contributed by atoms with van der Waals surface area (Å²) in [6.07, 6.45) is 2.36. The van der Waals surface area contributed by atoms with Crippen LogP contribution in [0.2, 0.25) is 10.0 Å². The first-order chi connectivity index (χ1) is 10.0. The van der Waals surface area contributed by atoms with Crippen LogP contribution in [0.15, 0.2) is 36.4 Å². The van der Waals surface area contributed by atoms with Gasteiger partial charge in [-0.1, -0.05) is 29.3 Å². The SMILES string of the molecule is O=C(O)c1ccc(Cl)cc1-c1ccc(OC2CC2)c(Cl)c1. The zero-order chi connectivity index (χ0) is 15.0. The third-order valence-corrected chi connectivity index (χ3v) is 3.80. The number of carboxylic acids is 1. The van der Waals surface area contributed by atoms with Crippen LogP contribution >= 0.6 is 23.2 Å². The molecule has 1 fully saturated rings. The molecule has 3 nitrogen and oxygen atoms in total. The predicted molar refractivity (Wildman–Crippen MR) is 82.5 cm³/mol. The zero-order valence-electron chi connectivity index (χ0n) is 11.0. The second-order valence-corrected chi connectivity index (χ2v) is 5.80. The smallest absolute Gasteiger partial charge is 0.336 e. The molecule has 2 aromatic rings. The van der Waals surface area contributed by atoms with E-state index in [9.17, 15) is 9.90 Å². The Hall–Kier alpha value is -1.71. The topological polar surface area (TPSA) is 46.5 Å². The maximum Gasteiger partial charge on any atom is 0.336 e. The summed E-state index contributed by atoms with van der Waals surface area (Å²) in [5.41, 5.74) is 1.42. The van der Waals surface area contributed by atoms with Gasteiger partial charge >= 0.3 is 5.97 Å². The van der Waals surface area contributed by atoms with Gasteiger partial charge in [0.25, 0.3) is 0 Å². The van der Waals surface area contributed by atoms with E-state index >= 15 is 0 Å². The molecule has 0 spiro atoms. The maximum absolute atomic E-state index is 11.3. The van der Waals surface area contributed by atoms with E-state index in [1.54, 1.807) is 30.3 Å². The minimum Gasteiger partial charge on any atom is -0.489 e. The quantitative estimate of drug-likeness (QED) is 0.870. The Kier molecular flexibility index (Phi) is 3.79. The Labute approximate surface area is 132 Å². The monoisotopic (exact) mass is 322 g/mol. The van der Waals surface area contributed by atoms with Crippen LogP contribution in [-0.4, -0.2) is 17.2 Å². The number of carboxylic acid groups (broad SMARTS) is 1. The number of halogens is 2. The Morgan fingerprint density at radius 2 is 1.90 bits per heavy atom. The van der Waals surface area contributed by atoms with Gasteiger partial charge in [-0.2, -0.15) is 0 Å². The van der Waals surface area contributed by atoms with E-state index in [1.165, 1.54) is 6.07 Å². The molecule has 0 bridgehead atoms. The lowest BCUT2D eigenvalue weighted by Crippen LogP contribution is -2.00. The Morgan fingerprint density at radius 1 is 1.14 bits per heavy atom. The summed E-state index contributed by atoms with van der Waals surface area (Å²) in [5, 5.41) is 10.2. The second kappa shape index (κ2) is 5.58. The summed E-state index contributed by atoms with van der Waals surface area (Å²) in [6.45, 7) is 0. The fourth-order valence-corrected chi connectivity index (χ4v) is 2.47. The van der Waals surface area contributed by atoms with Gasteiger partial charge in [0.2, 0.25) is 0 Å². The van der Waals surface area contributed by atoms with Crippen molar-refractivity contribution < 1.29 is 14.6 Å². The fraction of sp³-hybridized carbons (Fsp3) is 0.188. The van der Waals surface area contributed by atoms with Crippen LogP contribution in [0.4, 0.5) is 0 Å². The molecule has 3 rings (SSSR count). The van der Waals surface area contributed by atoms with Gasteiger partial charge in [0.15, 0.2) is 0 Å². The summed E-state index contributed by atoms with van der Waals surface area (Å²) in [6, 6.07) is 9.93. The number of rotatable bonds is 4. The van der Waals surface area contributed by atoms with Gasteiger partial charge in [-0.15, -0.1) is 0 Å². The van der Waals surface area contributed by atoms with Crippen molar-refractivity contribution in [3.8, 4) is 16.9 Å². The molecule has 21 heavy (non-hydrogen) atoms. The molecule has 0 heterocycles. The van der Waals surface area contributed by atoms with E-state index in [0.717, 1.165) is 12.8 Å². The normalized spacial score (nSPS) is 14.0. The molecule has 0 atom stereocenters. The molecule has 108 valence electrons. The van der Waals surface area contributed by atoms with Crippen LogP contribution in [0.3, 0.4) is 0 Å². The highest BCUT2D eigenvalue weighted by Crippen LogP contribution is 2.36. The summed E-state index contributed by atoms with van der Waals surface area (Å²) in [4.78, 5) is 11.3. The number of ether oxygens (including phenoxy) is 1. The third kappa shape index (κ3) is 3.14. The molecule has 2 aromatic carbocycles. The first-order valence-electron chi connectivity index (χ1n) is 6.54. The van der Waals surface area contributed by atoms with Gasteiger partial charge in [0, 0.05) is 5.02 Å². The Morgan fingerprint density at radius 3 is 2.52 bits per heavy atom. The molecule has 1 saturated carbocycles. The second-order valence-electron chi connectivity index (χ2n) is 4.96. The van der Waals surface area contributed by atoms with Gasteiger partial charge in [-0.05, 0) is 54.3 Å². The minimum absolute atomic E-state index is 0.186. The zero-order valence-corrected chi connectivity index (χ0v) is 12.5. The first-order valence-corrected chi connectivity index (χ1v) is 7.29. The fourth-order valence-electron chi connectivity index (χ4n) is 2.07. The molecule has 5 heteroatoms. The first kappa shape index (κ1) is 14.2. The van der Waals surface area contributed by atoms with Crippen molar-refractivity contribution in [2.75, 3.05) is 0 Å². The number of aromatic carboxylic acids is 1. The van der Waals surface area contributed by atoms with Crippen molar-refractivity contribution in [3.05, 3.63) is 52.0 Å². The largest absolute Gasteiger partial charge is 0.489 e. The van der Waals surface area contributed by atoms with Gasteiger partial charge in [-0.25, -0.2) is 4.79 Å². The molecule has 0 amide bonds. The summed E-state index contributed by atoms with van der Waals surface area (Å²) in [5.74, 6) is -0.377. The molecule has 1 N–H and O–H groups in total. The van der Waals surface area contributed by atoms with Gasteiger partial charge in [0.1, 0.15) is 5.75 Å². The van der Waals surface area contributed by atoms with E-state index in [0.29, 0.717) is 26.9 Å². The molecule has 1 aliphatic carbocycles. The van der Waals surface area contributed by atoms with Crippen molar-refractivity contribution in [2.24, 2.45) is 0 Å². The van der Waals surface area contributed by atoms with Gasteiger partial charge in [0.05, 0.1) is 16.7 Å². The van der Waals surface area contributed by atoms with Crippen molar-refractivity contribution in [1.82, 2.24) is 0 Å². The number of hydrogen-bond acceptors (Lipinski definition) is 2. The van der Waals surface area contributed by atoms with Crippen LogP contribution in [-0.2, 0) is 0 Å². The van der Waals surface area contributed by atoms with Gasteiger partial charge < -0.3 is 9.84 Å². The molecular weight excluding hydrogens is 311 g/mol. The summed E-state index contributed by atoms with van der Waals surface area (Å²) >= 11 is 12.2. The lowest BCUT2D eigenvalue weighted by Gasteiger charge is -2.11. The molecule has 0 aliphatic heterocycles.